The Morgan fingerprint density at radius 2 is 2.14 bits per heavy atom. The molecule has 1 aliphatic heterocycles. The van der Waals surface area contributed by atoms with E-state index < -0.39 is 17.4 Å². The number of aliphatic hydroxyl groups excluding tert-OH is 2. The number of aliphatic hydroxyl groups is 2. The van der Waals surface area contributed by atoms with E-state index in [0.29, 0.717) is 11.6 Å². The third kappa shape index (κ3) is 3.28. The van der Waals surface area contributed by atoms with Gasteiger partial charge >= 0.3 is 6.18 Å². The van der Waals surface area contributed by atoms with E-state index in [-0.39, 0.29) is 54.5 Å². The molecule has 7 nitrogen and oxygen atoms in total. The number of fused-ring (bicyclic) bond motifs is 1. The van der Waals surface area contributed by atoms with Crippen molar-refractivity contribution in [2.75, 3.05) is 13.2 Å². The zero-order valence-electron chi connectivity index (χ0n) is 15.6. The second kappa shape index (κ2) is 7.13. The minimum Gasteiger partial charge on any atom is -0.396 e. The Balaban J connectivity index is 1.86. The highest BCUT2D eigenvalue weighted by molar-refractivity contribution is 8.00. The van der Waals surface area contributed by atoms with Crippen molar-refractivity contribution < 1.29 is 23.4 Å². The van der Waals surface area contributed by atoms with Crippen LogP contribution in [0.15, 0.2) is 28.3 Å². The molecule has 0 aromatic carbocycles. The van der Waals surface area contributed by atoms with Crippen LogP contribution in [-0.2, 0) is 24.7 Å². The Bertz CT molecular complexity index is 976. The normalized spacial score (nSPS) is 28.6. The second-order valence-electron chi connectivity index (χ2n) is 7.59. The Morgan fingerprint density at radius 3 is 2.76 bits per heavy atom. The van der Waals surface area contributed by atoms with Gasteiger partial charge in [0.1, 0.15) is 5.69 Å². The van der Waals surface area contributed by atoms with Crippen molar-refractivity contribution in [3.05, 3.63) is 40.1 Å². The molecule has 0 spiro atoms. The number of nitrogens with zero attached hydrogens (tertiary/aromatic N) is 4. The molecule has 4 atom stereocenters. The fourth-order valence-electron chi connectivity index (χ4n) is 4.44. The van der Waals surface area contributed by atoms with E-state index in [0.717, 1.165) is 10.7 Å². The first-order valence-electron chi connectivity index (χ1n) is 9.33. The van der Waals surface area contributed by atoms with Gasteiger partial charge in [-0.3, -0.25) is 14.0 Å². The summed E-state index contributed by atoms with van der Waals surface area (Å²) in [5.74, 6) is -0.248. The number of aromatic nitrogens is 4. The topological polar surface area (TPSA) is 93.2 Å². The molecule has 0 amide bonds. The smallest absolute Gasteiger partial charge is 0.396 e. The molecule has 1 aliphatic carbocycles. The monoisotopic (exact) mass is 430 g/mol. The fourth-order valence-corrected chi connectivity index (χ4v) is 5.80. The summed E-state index contributed by atoms with van der Waals surface area (Å²) in [5.41, 5.74) is -2.08. The summed E-state index contributed by atoms with van der Waals surface area (Å²) in [4.78, 5) is 17.0. The fraction of sp³-hybridized carbons (Fsp3) is 0.611. The molecule has 29 heavy (non-hydrogen) atoms. The third-order valence-electron chi connectivity index (χ3n) is 5.91. The number of hydrogen-bond donors (Lipinski definition) is 2. The van der Waals surface area contributed by atoms with Gasteiger partial charge in [-0.1, -0.05) is 18.7 Å². The minimum absolute atomic E-state index is 0.00810. The van der Waals surface area contributed by atoms with Crippen LogP contribution < -0.4 is 5.56 Å². The first-order valence-corrected chi connectivity index (χ1v) is 10.2. The highest BCUT2D eigenvalue weighted by Gasteiger charge is 2.61. The zero-order chi connectivity index (χ0) is 21.0. The zero-order valence-corrected chi connectivity index (χ0v) is 16.4. The molecule has 2 aromatic heterocycles. The maximum absolute atomic E-state index is 13.7. The molecule has 0 bridgehead atoms. The number of alkyl halides is 3. The standard InChI is InChI=1S/C18H21F3N4O3S/c1-10-17(13-6-11(13)8-27,25-15(28)2-4-22-16(25)29-10)9-24-14(18(19,20)21)7-12(23-24)3-5-26/h2,4,7,10-11,13,26-27H,3,5-6,8-9H2,1H3/t10?,11-,13+,17?/m0/s1. The van der Waals surface area contributed by atoms with Gasteiger partial charge in [0.2, 0.25) is 0 Å². The van der Waals surface area contributed by atoms with E-state index in [1.54, 1.807) is 0 Å². The van der Waals surface area contributed by atoms with Crippen LogP contribution in [-0.4, -0.2) is 48.0 Å². The summed E-state index contributed by atoms with van der Waals surface area (Å²) >= 11 is 1.35. The Labute approximate surface area is 168 Å². The lowest BCUT2D eigenvalue weighted by molar-refractivity contribution is -0.145. The van der Waals surface area contributed by atoms with Crippen LogP contribution in [0.1, 0.15) is 24.7 Å². The molecule has 4 rings (SSSR count). The molecule has 1 fully saturated rings. The number of thioether (sulfide) groups is 1. The van der Waals surface area contributed by atoms with Crippen LogP contribution in [0.25, 0.3) is 0 Å². The average molecular weight is 430 g/mol. The van der Waals surface area contributed by atoms with Crippen molar-refractivity contribution >= 4 is 11.8 Å². The third-order valence-corrected chi connectivity index (χ3v) is 7.17. The second-order valence-corrected chi connectivity index (χ2v) is 8.90. The summed E-state index contributed by atoms with van der Waals surface area (Å²) in [6, 6.07) is 2.25. The molecule has 11 heteroatoms. The Kier molecular flexibility index (Phi) is 5.02. The predicted molar refractivity (Wildman–Crippen MR) is 98.5 cm³/mol. The first-order chi connectivity index (χ1) is 13.7. The largest absolute Gasteiger partial charge is 0.433 e. The minimum atomic E-state index is -4.63. The lowest BCUT2D eigenvalue weighted by Gasteiger charge is -2.36. The van der Waals surface area contributed by atoms with Gasteiger partial charge < -0.3 is 10.2 Å². The summed E-state index contributed by atoms with van der Waals surface area (Å²) in [6.45, 7) is 1.31. The molecule has 2 aliphatic rings. The Morgan fingerprint density at radius 1 is 1.38 bits per heavy atom. The van der Waals surface area contributed by atoms with Crippen LogP contribution in [0, 0.1) is 11.8 Å². The number of hydrogen-bond acceptors (Lipinski definition) is 6. The van der Waals surface area contributed by atoms with Gasteiger partial charge in [-0.15, -0.1) is 0 Å². The number of rotatable bonds is 6. The molecular weight excluding hydrogens is 409 g/mol. The van der Waals surface area contributed by atoms with Gasteiger partial charge in [-0.05, 0) is 24.3 Å². The van der Waals surface area contributed by atoms with Crippen LogP contribution in [0.3, 0.4) is 0 Å². The molecule has 3 heterocycles. The van der Waals surface area contributed by atoms with Gasteiger partial charge in [0.15, 0.2) is 5.16 Å². The van der Waals surface area contributed by atoms with Crippen molar-refractivity contribution in [2.45, 2.75) is 48.4 Å². The lowest BCUT2D eigenvalue weighted by Crippen LogP contribution is -2.50. The molecule has 2 aromatic rings. The molecule has 2 unspecified atom stereocenters. The van der Waals surface area contributed by atoms with Gasteiger partial charge in [-0.2, -0.15) is 18.3 Å². The first kappa shape index (κ1) is 20.4. The van der Waals surface area contributed by atoms with Gasteiger partial charge in [0, 0.05) is 37.1 Å². The van der Waals surface area contributed by atoms with Crippen LogP contribution in [0.5, 0.6) is 0 Å². The van der Waals surface area contributed by atoms with Crippen molar-refractivity contribution in [1.82, 2.24) is 19.3 Å². The molecule has 0 saturated heterocycles. The summed E-state index contributed by atoms with van der Waals surface area (Å²) < 4.78 is 43.5. The highest BCUT2D eigenvalue weighted by atomic mass is 32.2. The van der Waals surface area contributed by atoms with Gasteiger partial charge in [0.05, 0.1) is 17.8 Å². The average Bonchev–Trinajstić information content (AvgIpc) is 3.24. The molecule has 1 saturated carbocycles. The summed E-state index contributed by atoms with van der Waals surface area (Å²) in [6.07, 6.45) is -2.60. The molecule has 158 valence electrons. The summed E-state index contributed by atoms with van der Waals surface area (Å²) in [7, 11) is 0. The number of halogens is 3. The lowest BCUT2D eigenvalue weighted by atomic mass is 9.87. The Hall–Kier alpha value is -1.85. The van der Waals surface area contributed by atoms with E-state index in [1.165, 1.54) is 28.6 Å². The van der Waals surface area contributed by atoms with E-state index in [1.807, 2.05) is 6.92 Å². The van der Waals surface area contributed by atoms with Gasteiger partial charge in [0.25, 0.3) is 5.56 Å². The maximum atomic E-state index is 13.7. The predicted octanol–water partition coefficient (Wildman–Crippen LogP) is 1.51. The van der Waals surface area contributed by atoms with E-state index >= 15 is 0 Å². The quantitative estimate of drug-likeness (QED) is 0.675. The van der Waals surface area contributed by atoms with Crippen molar-refractivity contribution in [2.24, 2.45) is 11.8 Å². The van der Waals surface area contributed by atoms with Crippen molar-refractivity contribution in [3.63, 3.8) is 0 Å². The molecule has 2 N–H and O–H groups in total. The van der Waals surface area contributed by atoms with Crippen molar-refractivity contribution in [1.29, 1.82) is 0 Å². The van der Waals surface area contributed by atoms with Crippen LogP contribution in [0.2, 0.25) is 0 Å². The van der Waals surface area contributed by atoms with E-state index in [2.05, 4.69) is 10.1 Å². The highest BCUT2D eigenvalue weighted by Crippen LogP contribution is 2.58. The maximum Gasteiger partial charge on any atom is 0.433 e. The van der Waals surface area contributed by atoms with Crippen LogP contribution >= 0.6 is 11.8 Å². The molecule has 0 radical (unpaired) electrons. The van der Waals surface area contributed by atoms with E-state index in [9.17, 15) is 23.1 Å². The van der Waals surface area contributed by atoms with Crippen LogP contribution in [0.4, 0.5) is 13.2 Å². The molecular formula is C18H21F3N4O3S. The summed E-state index contributed by atoms with van der Waals surface area (Å²) in [5, 5.41) is 23.1. The van der Waals surface area contributed by atoms with E-state index in [4.69, 9.17) is 5.11 Å². The van der Waals surface area contributed by atoms with Crippen molar-refractivity contribution in [3.8, 4) is 0 Å². The SMILES string of the molecule is CC1Sc2nccc(=O)n2C1(Cn1nc(CCO)cc1C(F)(F)F)[C@@H]1C[C@H]1CO. The van der Waals surface area contributed by atoms with Gasteiger partial charge in [-0.25, -0.2) is 4.98 Å².